The van der Waals surface area contributed by atoms with Gasteiger partial charge in [-0.25, -0.2) is 19.0 Å². The monoisotopic (exact) mass is 509 g/mol. The highest BCUT2D eigenvalue weighted by molar-refractivity contribution is 5.79. The predicted molar refractivity (Wildman–Crippen MR) is 128 cm³/mol. The zero-order valence-corrected chi connectivity index (χ0v) is 19.7. The van der Waals surface area contributed by atoms with E-state index in [-0.39, 0.29) is 29.6 Å². The van der Waals surface area contributed by atoms with E-state index in [9.17, 15) is 22.4 Å². The third-order valence-electron chi connectivity index (χ3n) is 6.48. The van der Waals surface area contributed by atoms with Gasteiger partial charge >= 0.3 is 6.18 Å². The SMILES string of the molecule is O=C(Cc1ccccc1C(F)(F)F)N1CCCC(c2cc(-c3ccc(F)cc3)nn2-c2ncccn2)C1. The molecule has 1 amide bonds. The maximum absolute atomic E-state index is 13.5. The molecular formula is C27H23F4N5O. The first-order chi connectivity index (χ1) is 17.8. The highest BCUT2D eigenvalue weighted by Crippen LogP contribution is 2.34. The summed E-state index contributed by atoms with van der Waals surface area (Å²) in [5, 5.41) is 4.67. The second-order valence-electron chi connectivity index (χ2n) is 8.93. The molecule has 10 heteroatoms. The second kappa shape index (κ2) is 10.1. The molecule has 1 saturated heterocycles. The fourth-order valence-electron chi connectivity index (χ4n) is 4.68. The molecule has 190 valence electrons. The lowest BCUT2D eigenvalue weighted by molar-refractivity contribution is -0.138. The van der Waals surface area contributed by atoms with Gasteiger partial charge in [-0.3, -0.25) is 4.79 Å². The third-order valence-corrected chi connectivity index (χ3v) is 6.48. The summed E-state index contributed by atoms with van der Waals surface area (Å²) in [6, 6.07) is 14.7. The van der Waals surface area contributed by atoms with Crippen LogP contribution in [0.25, 0.3) is 17.2 Å². The minimum absolute atomic E-state index is 0.0385. The quantitative estimate of drug-likeness (QED) is 0.337. The number of hydrogen-bond acceptors (Lipinski definition) is 4. The highest BCUT2D eigenvalue weighted by Gasteiger charge is 2.34. The smallest absolute Gasteiger partial charge is 0.342 e. The number of alkyl halides is 3. The van der Waals surface area contributed by atoms with E-state index in [2.05, 4.69) is 15.1 Å². The van der Waals surface area contributed by atoms with Crippen LogP contribution < -0.4 is 0 Å². The van der Waals surface area contributed by atoms with Gasteiger partial charge in [-0.1, -0.05) is 18.2 Å². The molecule has 1 aliphatic rings. The summed E-state index contributed by atoms with van der Waals surface area (Å²) in [6.45, 7) is 0.790. The highest BCUT2D eigenvalue weighted by atomic mass is 19.4. The van der Waals surface area contributed by atoms with E-state index in [4.69, 9.17) is 0 Å². The summed E-state index contributed by atoms with van der Waals surface area (Å²) in [7, 11) is 0. The molecule has 5 rings (SSSR count). The Morgan fingerprint density at radius 3 is 2.46 bits per heavy atom. The van der Waals surface area contributed by atoms with Gasteiger partial charge in [0.15, 0.2) is 0 Å². The summed E-state index contributed by atoms with van der Waals surface area (Å²) < 4.78 is 55.4. The molecule has 1 unspecified atom stereocenters. The van der Waals surface area contributed by atoms with E-state index in [1.54, 1.807) is 40.2 Å². The topological polar surface area (TPSA) is 63.9 Å². The number of benzene rings is 2. The Balaban J connectivity index is 1.43. The average molecular weight is 510 g/mol. The number of rotatable bonds is 5. The molecule has 0 N–H and O–H groups in total. The minimum atomic E-state index is -4.53. The Kier molecular flexibility index (Phi) is 6.73. The van der Waals surface area contributed by atoms with Crippen molar-refractivity contribution in [3.8, 4) is 17.2 Å². The maximum Gasteiger partial charge on any atom is 0.416 e. The zero-order chi connectivity index (χ0) is 26.0. The van der Waals surface area contributed by atoms with Crippen molar-refractivity contribution in [1.82, 2.24) is 24.6 Å². The number of carbonyl (C=O) groups excluding carboxylic acids is 1. The van der Waals surface area contributed by atoms with E-state index >= 15 is 0 Å². The summed E-state index contributed by atoms with van der Waals surface area (Å²) in [5.41, 5.74) is 1.26. The fraction of sp³-hybridized carbons (Fsp3) is 0.259. The van der Waals surface area contributed by atoms with Crippen LogP contribution in [0.4, 0.5) is 17.6 Å². The Hall–Kier alpha value is -4.08. The van der Waals surface area contributed by atoms with Crippen LogP contribution in [0, 0.1) is 5.82 Å². The van der Waals surface area contributed by atoms with Crippen LogP contribution >= 0.6 is 0 Å². The Morgan fingerprint density at radius 2 is 1.73 bits per heavy atom. The van der Waals surface area contributed by atoms with E-state index in [1.807, 2.05) is 6.07 Å². The maximum atomic E-state index is 13.5. The van der Waals surface area contributed by atoms with Crippen LogP contribution in [-0.4, -0.2) is 43.6 Å². The van der Waals surface area contributed by atoms with E-state index in [0.29, 0.717) is 36.7 Å². The van der Waals surface area contributed by atoms with Gasteiger partial charge in [-0.2, -0.15) is 18.3 Å². The summed E-state index contributed by atoms with van der Waals surface area (Å²) in [6.07, 6.45) is -0.223. The first-order valence-electron chi connectivity index (χ1n) is 11.9. The van der Waals surface area contributed by atoms with Gasteiger partial charge in [0.25, 0.3) is 5.95 Å². The molecule has 37 heavy (non-hydrogen) atoms. The largest absolute Gasteiger partial charge is 0.416 e. The molecule has 1 atom stereocenters. The molecule has 1 fully saturated rings. The van der Waals surface area contributed by atoms with Crippen molar-refractivity contribution in [3.63, 3.8) is 0 Å². The van der Waals surface area contributed by atoms with E-state index < -0.39 is 11.7 Å². The van der Waals surface area contributed by atoms with Crippen LogP contribution in [0.1, 0.15) is 35.6 Å². The minimum Gasteiger partial charge on any atom is -0.342 e. The third kappa shape index (κ3) is 5.37. The normalized spacial score (nSPS) is 16.1. The molecule has 4 aromatic rings. The van der Waals surface area contributed by atoms with Crippen LogP contribution in [0.3, 0.4) is 0 Å². The van der Waals surface area contributed by atoms with Gasteiger partial charge in [0.2, 0.25) is 5.91 Å². The van der Waals surface area contributed by atoms with Crippen LogP contribution in [0.5, 0.6) is 0 Å². The molecular weight excluding hydrogens is 486 g/mol. The number of hydrogen-bond donors (Lipinski definition) is 0. The van der Waals surface area contributed by atoms with E-state index in [1.165, 1.54) is 30.3 Å². The van der Waals surface area contributed by atoms with Gasteiger partial charge in [-0.05, 0) is 60.9 Å². The first kappa shape index (κ1) is 24.6. The van der Waals surface area contributed by atoms with E-state index in [0.717, 1.165) is 18.2 Å². The van der Waals surface area contributed by atoms with Crippen molar-refractivity contribution < 1.29 is 22.4 Å². The van der Waals surface area contributed by atoms with Gasteiger partial charge in [0, 0.05) is 37.0 Å². The predicted octanol–water partition coefficient (Wildman–Crippen LogP) is 5.44. The molecule has 0 spiro atoms. The fourth-order valence-corrected chi connectivity index (χ4v) is 4.68. The molecule has 6 nitrogen and oxygen atoms in total. The molecule has 0 bridgehead atoms. The van der Waals surface area contributed by atoms with Gasteiger partial charge < -0.3 is 4.90 Å². The van der Waals surface area contributed by atoms with Crippen molar-refractivity contribution in [2.24, 2.45) is 0 Å². The molecule has 2 aromatic heterocycles. The summed E-state index contributed by atoms with van der Waals surface area (Å²) in [4.78, 5) is 23.3. The zero-order valence-electron chi connectivity index (χ0n) is 19.7. The summed E-state index contributed by atoms with van der Waals surface area (Å²) >= 11 is 0. The lowest BCUT2D eigenvalue weighted by Gasteiger charge is -2.33. The lowest BCUT2D eigenvalue weighted by atomic mass is 9.93. The van der Waals surface area contributed by atoms with Gasteiger partial charge in [0.1, 0.15) is 5.82 Å². The van der Waals surface area contributed by atoms with Gasteiger partial charge in [0.05, 0.1) is 23.4 Å². The Morgan fingerprint density at radius 1 is 1.00 bits per heavy atom. The number of carbonyl (C=O) groups is 1. The van der Waals surface area contributed by atoms with Crippen molar-refractivity contribution in [3.05, 3.63) is 95.7 Å². The molecule has 2 aromatic carbocycles. The van der Waals surface area contributed by atoms with Crippen LogP contribution in [0.2, 0.25) is 0 Å². The Bertz CT molecular complexity index is 1390. The standard InChI is InChI=1S/C27H23F4N5O/c28-21-10-8-18(9-11-21)23-16-24(36(34-23)26-32-12-4-13-33-26)20-6-3-14-35(17-20)25(37)15-19-5-1-2-7-22(19)27(29,30)31/h1-2,4-5,7-13,16,20H,3,6,14-15,17H2. The molecule has 3 heterocycles. The summed E-state index contributed by atoms with van der Waals surface area (Å²) in [5.74, 6) is -0.500. The number of nitrogens with zero attached hydrogens (tertiary/aromatic N) is 5. The second-order valence-corrected chi connectivity index (χ2v) is 8.93. The van der Waals surface area contributed by atoms with Crippen molar-refractivity contribution in [2.75, 3.05) is 13.1 Å². The average Bonchev–Trinajstić information content (AvgIpc) is 3.35. The van der Waals surface area contributed by atoms with Crippen molar-refractivity contribution in [1.29, 1.82) is 0 Å². The van der Waals surface area contributed by atoms with Crippen LogP contribution in [-0.2, 0) is 17.4 Å². The number of piperidine rings is 1. The number of likely N-dealkylation sites (tertiary alicyclic amines) is 1. The van der Waals surface area contributed by atoms with Gasteiger partial charge in [-0.15, -0.1) is 0 Å². The number of amides is 1. The molecule has 0 saturated carbocycles. The first-order valence-corrected chi connectivity index (χ1v) is 11.9. The number of aromatic nitrogens is 4. The molecule has 0 aliphatic carbocycles. The Labute approximate surface area is 210 Å². The number of halogens is 4. The van der Waals surface area contributed by atoms with Crippen molar-refractivity contribution >= 4 is 5.91 Å². The van der Waals surface area contributed by atoms with Crippen LogP contribution in [0.15, 0.2) is 73.1 Å². The van der Waals surface area contributed by atoms with Crippen molar-refractivity contribution in [2.45, 2.75) is 31.4 Å². The lowest BCUT2D eigenvalue weighted by Crippen LogP contribution is -2.40. The molecule has 1 aliphatic heterocycles. The molecule has 0 radical (unpaired) electrons.